The minimum absolute atomic E-state index is 0.0296. The molecule has 19 heavy (non-hydrogen) atoms. The Morgan fingerprint density at radius 1 is 1.37 bits per heavy atom. The first kappa shape index (κ1) is 15.1. The van der Waals surface area contributed by atoms with E-state index < -0.39 is 5.82 Å². The molecular formula is C14H19FN2O2. The molecule has 2 amide bonds. The van der Waals surface area contributed by atoms with Crippen molar-refractivity contribution in [2.24, 2.45) is 0 Å². The molecule has 0 radical (unpaired) electrons. The summed E-state index contributed by atoms with van der Waals surface area (Å²) in [5, 5.41) is 2.75. The maximum absolute atomic E-state index is 13.7. The molecule has 0 spiro atoms. The Kier molecular flexibility index (Phi) is 5.48. The van der Waals surface area contributed by atoms with Gasteiger partial charge in [0.25, 0.3) is 0 Å². The fourth-order valence-electron chi connectivity index (χ4n) is 1.60. The molecule has 0 fully saturated rings. The Morgan fingerprint density at radius 2 is 2.00 bits per heavy atom. The second kappa shape index (κ2) is 6.87. The Hall–Kier alpha value is -1.91. The minimum Gasteiger partial charge on any atom is -0.352 e. The highest BCUT2D eigenvalue weighted by atomic mass is 19.1. The maximum Gasteiger partial charge on any atom is 0.240 e. The predicted octanol–water partition coefficient (Wildman–Crippen LogP) is 2.09. The molecule has 0 aromatic heterocycles. The van der Waals surface area contributed by atoms with Gasteiger partial charge in [0.2, 0.25) is 11.8 Å². The molecule has 0 aliphatic carbocycles. The van der Waals surface area contributed by atoms with Crippen molar-refractivity contribution >= 4 is 17.5 Å². The van der Waals surface area contributed by atoms with E-state index in [0.717, 1.165) is 11.3 Å². The number of hydrogen-bond donors (Lipinski definition) is 1. The fraction of sp³-hybridized carbons (Fsp3) is 0.429. The van der Waals surface area contributed by atoms with Gasteiger partial charge >= 0.3 is 0 Å². The summed E-state index contributed by atoms with van der Waals surface area (Å²) >= 11 is 0. The van der Waals surface area contributed by atoms with Gasteiger partial charge in [0.15, 0.2) is 0 Å². The average molecular weight is 266 g/mol. The van der Waals surface area contributed by atoms with E-state index in [1.807, 2.05) is 13.8 Å². The summed E-state index contributed by atoms with van der Waals surface area (Å²) in [6.45, 7) is 4.95. The lowest BCUT2D eigenvalue weighted by Gasteiger charge is -2.22. The van der Waals surface area contributed by atoms with Gasteiger partial charge in [0, 0.05) is 13.0 Å². The summed E-state index contributed by atoms with van der Waals surface area (Å²) in [5.41, 5.74) is 0.120. The third kappa shape index (κ3) is 4.35. The number of benzene rings is 1. The summed E-state index contributed by atoms with van der Waals surface area (Å²) in [7, 11) is 0. The summed E-state index contributed by atoms with van der Waals surface area (Å²) in [6.07, 6.45) is 0.797. The average Bonchev–Trinajstić information content (AvgIpc) is 2.36. The number of halogens is 1. The number of hydrogen-bond acceptors (Lipinski definition) is 2. The van der Waals surface area contributed by atoms with Crippen LogP contribution in [0.5, 0.6) is 0 Å². The summed E-state index contributed by atoms with van der Waals surface area (Å²) in [5.74, 6) is -1.19. The van der Waals surface area contributed by atoms with Gasteiger partial charge < -0.3 is 10.2 Å². The maximum atomic E-state index is 13.7. The number of carbonyl (C=O) groups is 2. The highest BCUT2D eigenvalue weighted by Crippen LogP contribution is 2.18. The second-order valence-electron chi connectivity index (χ2n) is 4.43. The zero-order valence-corrected chi connectivity index (χ0v) is 11.4. The van der Waals surface area contributed by atoms with E-state index in [1.165, 1.54) is 25.1 Å². The van der Waals surface area contributed by atoms with Gasteiger partial charge in [-0.15, -0.1) is 0 Å². The van der Waals surface area contributed by atoms with E-state index in [0.29, 0.717) is 0 Å². The highest BCUT2D eigenvalue weighted by molar-refractivity contribution is 5.97. The lowest BCUT2D eigenvalue weighted by atomic mass is 10.2. The second-order valence-corrected chi connectivity index (χ2v) is 4.43. The molecule has 104 valence electrons. The predicted molar refractivity (Wildman–Crippen MR) is 72.3 cm³/mol. The van der Waals surface area contributed by atoms with Crippen molar-refractivity contribution in [3.05, 3.63) is 30.1 Å². The van der Waals surface area contributed by atoms with Gasteiger partial charge in [0.05, 0.1) is 5.69 Å². The normalized spacial score (nSPS) is 11.8. The smallest absolute Gasteiger partial charge is 0.240 e. The number of rotatable bonds is 5. The number of carbonyl (C=O) groups excluding carboxylic acids is 2. The van der Waals surface area contributed by atoms with Crippen LogP contribution in [0.25, 0.3) is 0 Å². The first-order valence-electron chi connectivity index (χ1n) is 6.27. The first-order chi connectivity index (χ1) is 8.95. The molecule has 0 bridgehead atoms. The van der Waals surface area contributed by atoms with Crippen LogP contribution in [0.3, 0.4) is 0 Å². The van der Waals surface area contributed by atoms with E-state index in [9.17, 15) is 14.0 Å². The first-order valence-corrected chi connectivity index (χ1v) is 6.27. The third-order valence-electron chi connectivity index (χ3n) is 2.84. The van der Waals surface area contributed by atoms with E-state index in [-0.39, 0.29) is 30.1 Å². The van der Waals surface area contributed by atoms with Crippen molar-refractivity contribution < 1.29 is 14.0 Å². The molecule has 1 aromatic carbocycles. The van der Waals surface area contributed by atoms with Gasteiger partial charge in [-0.25, -0.2) is 4.39 Å². The number of para-hydroxylation sites is 1. The number of amides is 2. The summed E-state index contributed by atoms with van der Waals surface area (Å²) < 4.78 is 13.7. The van der Waals surface area contributed by atoms with Crippen molar-refractivity contribution in [1.29, 1.82) is 0 Å². The van der Waals surface area contributed by atoms with Crippen LogP contribution in [0.1, 0.15) is 27.2 Å². The summed E-state index contributed by atoms with van der Waals surface area (Å²) in [6, 6.07) is 5.93. The highest BCUT2D eigenvalue weighted by Gasteiger charge is 2.19. The van der Waals surface area contributed by atoms with Gasteiger partial charge in [-0.1, -0.05) is 19.1 Å². The van der Waals surface area contributed by atoms with Crippen molar-refractivity contribution in [3.63, 3.8) is 0 Å². The van der Waals surface area contributed by atoms with Crippen LogP contribution in [-0.2, 0) is 9.59 Å². The zero-order valence-electron chi connectivity index (χ0n) is 11.4. The van der Waals surface area contributed by atoms with Crippen LogP contribution >= 0.6 is 0 Å². The van der Waals surface area contributed by atoms with E-state index in [1.54, 1.807) is 6.07 Å². The molecule has 4 nitrogen and oxygen atoms in total. The van der Waals surface area contributed by atoms with Crippen molar-refractivity contribution in [3.8, 4) is 0 Å². The molecule has 1 rings (SSSR count). The standard InChI is InChI=1S/C14H19FN2O2/c1-4-10(2)16-14(19)9-17(11(3)18)13-8-6-5-7-12(13)15/h5-8,10H,4,9H2,1-3H3,(H,16,19). The summed E-state index contributed by atoms with van der Waals surface area (Å²) in [4.78, 5) is 24.5. The molecule has 5 heteroatoms. The molecule has 1 N–H and O–H groups in total. The Labute approximate surface area is 112 Å². The van der Waals surface area contributed by atoms with E-state index in [4.69, 9.17) is 0 Å². The van der Waals surface area contributed by atoms with Gasteiger partial charge in [0.1, 0.15) is 12.4 Å². The fourth-order valence-corrected chi connectivity index (χ4v) is 1.60. The van der Waals surface area contributed by atoms with Crippen LogP contribution in [0.2, 0.25) is 0 Å². The molecule has 1 unspecified atom stereocenters. The molecule has 1 aromatic rings. The Balaban J connectivity index is 2.83. The van der Waals surface area contributed by atoms with Crippen molar-refractivity contribution in [2.75, 3.05) is 11.4 Å². The zero-order chi connectivity index (χ0) is 14.4. The number of nitrogens with zero attached hydrogens (tertiary/aromatic N) is 1. The molecule has 0 saturated carbocycles. The van der Waals surface area contributed by atoms with Gasteiger partial charge in [-0.05, 0) is 25.5 Å². The number of anilines is 1. The largest absolute Gasteiger partial charge is 0.352 e. The minimum atomic E-state index is -0.519. The van der Waals surface area contributed by atoms with Crippen molar-refractivity contribution in [2.45, 2.75) is 33.2 Å². The lowest BCUT2D eigenvalue weighted by molar-refractivity contribution is -0.123. The third-order valence-corrected chi connectivity index (χ3v) is 2.84. The lowest BCUT2D eigenvalue weighted by Crippen LogP contribution is -2.43. The Bertz CT molecular complexity index is 463. The molecular weight excluding hydrogens is 247 g/mol. The van der Waals surface area contributed by atoms with Crippen LogP contribution in [-0.4, -0.2) is 24.4 Å². The molecule has 1 atom stereocenters. The number of nitrogens with one attached hydrogen (secondary N) is 1. The topological polar surface area (TPSA) is 49.4 Å². The monoisotopic (exact) mass is 266 g/mol. The van der Waals surface area contributed by atoms with E-state index in [2.05, 4.69) is 5.32 Å². The van der Waals surface area contributed by atoms with Crippen LogP contribution in [0.15, 0.2) is 24.3 Å². The van der Waals surface area contributed by atoms with Crippen molar-refractivity contribution in [1.82, 2.24) is 5.32 Å². The van der Waals surface area contributed by atoms with Crippen LogP contribution in [0.4, 0.5) is 10.1 Å². The molecule has 0 aliphatic heterocycles. The molecule has 0 saturated heterocycles. The quantitative estimate of drug-likeness (QED) is 0.887. The molecule has 0 aliphatic rings. The van der Waals surface area contributed by atoms with Crippen LogP contribution < -0.4 is 10.2 Å². The van der Waals surface area contributed by atoms with Gasteiger partial charge in [-0.2, -0.15) is 0 Å². The molecule has 0 heterocycles. The van der Waals surface area contributed by atoms with Gasteiger partial charge in [-0.3, -0.25) is 9.59 Å². The SMILES string of the molecule is CCC(C)NC(=O)CN(C(C)=O)c1ccccc1F. The van der Waals surface area contributed by atoms with E-state index >= 15 is 0 Å². The Morgan fingerprint density at radius 3 is 2.53 bits per heavy atom. The van der Waals surface area contributed by atoms with Crippen LogP contribution in [0, 0.1) is 5.82 Å².